The molecule has 0 radical (unpaired) electrons. The highest BCUT2D eigenvalue weighted by molar-refractivity contribution is 5.66. The van der Waals surface area contributed by atoms with Crippen LogP contribution in [0.4, 0.5) is 0 Å². The number of nitrogens with zero attached hydrogens (tertiary/aromatic N) is 3. The summed E-state index contributed by atoms with van der Waals surface area (Å²) in [5, 5.41) is 41.5. The van der Waals surface area contributed by atoms with E-state index in [1.165, 1.54) is 0 Å². The van der Waals surface area contributed by atoms with Gasteiger partial charge in [0.05, 0.1) is 0 Å². The fourth-order valence-corrected chi connectivity index (χ4v) is 9.85. The standard InChI is InChI=1S/C25H39N3O11/c1-14(5-8-21(29)30)17-6-7-18-22-19(38-27(33)34)12-15-11-16(37-26(31)32)9-10-24(15,3)25(22,4)20(39-28(35)36)13-23(17,18)2/h14-20,22H,5-13H2,1-4H3,(H,29,30). The average Bonchev–Trinajstić information content (AvgIpc) is 3.14. The third-order valence-electron chi connectivity index (χ3n) is 11.7. The zero-order chi connectivity index (χ0) is 28.9. The highest BCUT2D eigenvalue weighted by Crippen LogP contribution is 2.74. The second-order valence-electron chi connectivity index (χ2n) is 13.0. The number of rotatable bonds is 10. The van der Waals surface area contributed by atoms with Gasteiger partial charge >= 0.3 is 5.97 Å². The molecule has 14 heteroatoms. The summed E-state index contributed by atoms with van der Waals surface area (Å²) in [5.41, 5.74) is -1.94. The fraction of sp³-hybridized carbons (Fsp3) is 0.960. The first-order valence-electron chi connectivity index (χ1n) is 13.8. The third kappa shape index (κ3) is 4.83. The average molecular weight is 558 g/mol. The fourth-order valence-electron chi connectivity index (χ4n) is 9.85. The van der Waals surface area contributed by atoms with Crippen molar-refractivity contribution >= 4 is 5.97 Å². The predicted molar refractivity (Wildman–Crippen MR) is 132 cm³/mol. The van der Waals surface area contributed by atoms with Gasteiger partial charge in [-0.05, 0) is 91.8 Å². The first-order chi connectivity index (χ1) is 18.1. The Labute approximate surface area is 226 Å². The molecule has 0 saturated heterocycles. The van der Waals surface area contributed by atoms with Gasteiger partial charge in [0.15, 0.2) is 0 Å². The Morgan fingerprint density at radius 1 is 0.974 bits per heavy atom. The van der Waals surface area contributed by atoms with E-state index in [9.17, 15) is 40.2 Å². The van der Waals surface area contributed by atoms with Gasteiger partial charge in [-0.3, -0.25) is 4.79 Å². The Balaban J connectivity index is 1.78. The van der Waals surface area contributed by atoms with Crippen LogP contribution in [0.15, 0.2) is 0 Å². The molecule has 4 rings (SSSR count). The van der Waals surface area contributed by atoms with Gasteiger partial charge in [-0.2, -0.15) is 0 Å². The number of fused-ring (bicyclic) bond motifs is 5. The Morgan fingerprint density at radius 2 is 1.62 bits per heavy atom. The maximum atomic E-state index is 11.9. The Kier molecular flexibility index (Phi) is 7.63. The minimum Gasteiger partial charge on any atom is -0.481 e. The lowest BCUT2D eigenvalue weighted by Gasteiger charge is -2.69. The lowest BCUT2D eigenvalue weighted by molar-refractivity contribution is -0.784. The molecule has 4 fully saturated rings. The molecule has 14 nitrogen and oxygen atoms in total. The number of carboxylic acids is 1. The summed E-state index contributed by atoms with van der Waals surface area (Å²) in [7, 11) is 0. The minimum absolute atomic E-state index is 0.0224. The Bertz CT molecular complexity index is 1010. The van der Waals surface area contributed by atoms with Crippen LogP contribution >= 0.6 is 0 Å². The molecule has 0 bridgehead atoms. The summed E-state index contributed by atoms with van der Waals surface area (Å²) < 4.78 is 0. The molecule has 11 atom stereocenters. The molecular weight excluding hydrogens is 518 g/mol. The molecule has 4 aliphatic carbocycles. The highest BCUT2D eigenvalue weighted by Gasteiger charge is 2.72. The van der Waals surface area contributed by atoms with Crippen molar-refractivity contribution in [2.75, 3.05) is 0 Å². The van der Waals surface area contributed by atoms with E-state index in [0.29, 0.717) is 32.1 Å². The van der Waals surface area contributed by atoms with Crippen LogP contribution in [-0.2, 0) is 19.3 Å². The molecule has 4 saturated carbocycles. The molecule has 0 aromatic rings. The predicted octanol–water partition coefficient (Wildman–Crippen LogP) is 4.49. The third-order valence-corrected chi connectivity index (χ3v) is 11.7. The Hall–Kier alpha value is -2.93. The smallest absolute Gasteiger partial charge is 0.303 e. The van der Waals surface area contributed by atoms with Crippen LogP contribution in [0.5, 0.6) is 0 Å². The van der Waals surface area contributed by atoms with E-state index in [1.807, 2.05) is 20.8 Å². The van der Waals surface area contributed by atoms with Crippen LogP contribution in [0.3, 0.4) is 0 Å². The summed E-state index contributed by atoms with van der Waals surface area (Å²) >= 11 is 0. The lowest BCUT2D eigenvalue weighted by atomic mass is 9.36. The summed E-state index contributed by atoms with van der Waals surface area (Å²) in [5.74, 6) is -1.53. The van der Waals surface area contributed by atoms with Crippen LogP contribution in [0.25, 0.3) is 0 Å². The van der Waals surface area contributed by atoms with Crippen molar-refractivity contribution in [3.05, 3.63) is 30.3 Å². The normalized spacial score (nSPS) is 43.6. The van der Waals surface area contributed by atoms with Gasteiger partial charge in [0.25, 0.3) is 15.3 Å². The van der Waals surface area contributed by atoms with Crippen LogP contribution in [-0.4, -0.2) is 44.6 Å². The monoisotopic (exact) mass is 557 g/mol. The molecule has 0 spiro atoms. The molecule has 220 valence electrons. The lowest BCUT2D eigenvalue weighted by Crippen LogP contribution is -2.70. The van der Waals surface area contributed by atoms with E-state index in [1.54, 1.807) is 0 Å². The number of carboxylic acid groups (broad SMARTS) is 1. The number of hydrogen-bond acceptors (Lipinski definition) is 10. The van der Waals surface area contributed by atoms with Crippen molar-refractivity contribution in [1.29, 1.82) is 0 Å². The number of aliphatic carboxylic acids is 1. The SMILES string of the molecule is CC(CCC(=O)O)C1CCC2C3C(O[N+](=O)[O-])CC4CC(O[N+](=O)[O-])CCC4(C)C3(C)C(O[N+](=O)[O-])CC12C. The summed E-state index contributed by atoms with van der Waals surface area (Å²) in [6.07, 6.45) is 1.42. The van der Waals surface area contributed by atoms with E-state index in [-0.39, 0.29) is 36.5 Å². The molecule has 11 unspecified atom stereocenters. The van der Waals surface area contributed by atoms with Gasteiger partial charge in [-0.25, -0.2) is 0 Å². The van der Waals surface area contributed by atoms with Crippen LogP contribution in [0.1, 0.15) is 85.5 Å². The zero-order valence-corrected chi connectivity index (χ0v) is 22.9. The van der Waals surface area contributed by atoms with Gasteiger partial charge in [0, 0.05) is 11.8 Å². The highest BCUT2D eigenvalue weighted by atomic mass is 17.0. The zero-order valence-electron chi connectivity index (χ0n) is 22.9. The molecule has 0 amide bonds. The van der Waals surface area contributed by atoms with Crippen molar-refractivity contribution in [1.82, 2.24) is 0 Å². The van der Waals surface area contributed by atoms with Crippen molar-refractivity contribution in [3.63, 3.8) is 0 Å². The molecule has 0 aromatic carbocycles. The van der Waals surface area contributed by atoms with E-state index in [0.717, 1.165) is 12.8 Å². The molecule has 0 aliphatic heterocycles. The van der Waals surface area contributed by atoms with Crippen molar-refractivity contribution < 1.29 is 39.7 Å². The van der Waals surface area contributed by atoms with Gasteiger partial charge in [-0.1, -0.05) is 27.7 Å². The first kappa shape index (κ1) is 29.1. The summed E-state index contributed by atoms with van der Waals surface area (Å²) in [4.78, 5) is 61.6. The second kappa shape index (κ2) is 10.2. The first-order valence-corrected chi connectivity index (χ1v) is 13.8. The minimum atomic E-state index is -0.896. The van der Waals surface area contributed by atoms with Crippen LogP contribution < -0.4 is 0 Å². The molecule has 0 aromatic heterocycles. The van der Waals surface area contributed by atoms with Gasteiger partial charge in [-0.15, -0.1) is 30.3 Å². The van der Waals surface area contributed by atoms with Crippen molar-refractivity contribution in [2.24, 2.45) is 45.8 Å². The van der Waals surface area contributed by atoms with Crippen molar-refractivity contribution in [3.8, 4) is 0 Å². The summed E-state index contributed by atoms with van der Waals surface area (Å²) in [6.45, 7) is 8.06. The quantitative estimate of drug-likeness (QED) is 0.294. The van der Waals surface area contributed by atoms with Crippen molar-refractivity contribution in [2.45, 2.75) is 104 Å². The molecular formula is C25H39N3O11. The number of carbonyl (C=O) groups is 1. The largest absolute Gasteiger partial charge is 0.481 e. The van der Waals surface area contributed by atoms with E-state index >= 15 is 0 Å². The molecule has 0 heterocycles. The maximum absolute atomic E-state index is 11.9. The number of hydrogen-bond donors (Lipinski definition) is 1. The van der Waals surface area contributed by atoms with E-state index in [2.05, 4.69) is 6.92 Å². The molecule has 39 heavy (non-hydrogen) atoms. The second-order valence-corrected chi connectivity index (χ2v) is 13.0. The molecule has 4 aliphatic rings. The topological polar surface area (TPSA) is 194 Å². The summed E-state index contributed by atoms with van der Waals surface area (Å²) in [6, 6.07) is 0. The van der Waals surface area contributed by atoms with Crippen LogP contribution in [0.2, 0.25) is 0 Å². The van der Waals surface area contributed by atoms with Gasteiger partial charge < -0.3 is 19.6 Å². The van der Waals surface area contributed by atoms with Crippen LogP contribution in [0, 0.1) is 76.2 Å². The van der Waals surface area contributed by atoms with E-state index < -0.39 is 61.7 Å². The van der Waals surface area contributed by atoms with Gasteiger partial charge in [0.1, 0.15) is 18.3 Å². The maximum Gasteiger partial charge on any atom is 0.303 e. The molecule has 1 N–H and O–H groups in total. The van der Waals surface area contributed by atoms with Gasteiger partial charge in [0.2, 0.25) is 0 Å². The van der Waals surface area contributed by atoms with E-state index in [4.69, 9.17) is 14.5 Å². The Morgan fingerprint density at radius 3 is 2.21 bits per heavy atom.